The maximum Gasteiger partial charge on any atom is 0.254 e. The Morgan fingerprint density at radius 1 is 0.889 bits per heavy atom. The van der Waals surface area contributed by atoms with Crippen LogP contribution in [0.15, 0.2) is 71.6 Å². The van der Waals surface area contributed by atoms with Gasteiger partial charge in [-0.3, -0.25) is 9.59 Å². The molecule has 0 saturated carbocycles. The predicted octanol–water partition coefficient (Wildman–Crippen LogP) is 5.05. The molecule has 0 atom stereocenters. The molecule has 0 unspecified atom stereocenters. The van der Waals surface area contributed by atoms with Crippen molar-refractivity contribution < 1.29 is 19.1 Å². The lowest BCUT2D eigenvalue weighted by molar-refractivity contribution is -0.113. The van der Waals surface area contributed by atoms with Crippen LogP contribution in [-0.4, -0.2) is 62.9 Å². The number of ether oxygens (including phenoxy) is 2. The summed E-state index contributed by atoms with van der Waals surface area (Å²) in [4.78, 5) is 30.4. The van der Waals surface area contributed by atoms with Gasteiger partial charge in [-0.05, 0) is 60.7 Å². The van der Waals surface area contributed by atoms with E-state index in [1.165, 1.54) is 11.8 Å². The minimum absolute atomic E-state index is 0.0404. The van der Waals surface area contributed by atoms with Gasteiger partial charge >= 0.3 is 0 Å². The van der Waals surface area contributed by atoms with Gasteiger partial charge in [0.15, 0.2) is 0 Å². The molecule has 0 bridgehead atoms. The minimum Gasteiger partial charge on any atom is -0.497 e. The van der Waals surface area contributed by atoms with E-state index >= 15 is 0 Å². The van der Waals surface area contributed by atoms with Crippen LogP contribution < -0.4 is 19.7 Å². The Morgan fingerprint density at radius 3 is 2.08 bits per heavy atom. The molecule has 36 heavy (non-hydrogen) atoms. The highest BCUT2D eigenvalue weighted by Crippen LogP contribution is 2.25. The molecule has 3 aromatic carbocycles. The van der Waals surface area contributed by atoms with Crippen molar-refractivity contribution in [3.05, 3.63) is 77.3 Å². The maximum absolute atomic E-state index is 13.0. The molecule has 1 aliphatic heterocycles. The number of halogens is 1. The van der Waals surface area contributed by atoms with Gasteiger partial charge in [-0.25, -0.2) is 0 Å². The Morgan fingerprint density at radius 2 is 1.50 bits per heavy atom. The Hall–Kier alpha value is -3.36. The smallest absolute Gasteiger partial charge is 0.254 e. The van der Waals surface area contributed by atoms with Crippen LogP contribution in [-0.2, 0) is 4.79 Å². The molecule has 0 radical (unpaired) electrons. The first-order chi connectivity index (χ1) is 17.4. The van der Waals surface area contributed by atoms with E-state index in [9.17, 15) is 9.59 Å². The van der Waals surface area contributed by atoms with Crippen molar-refractivity contribution in [2.24, 2.45) is 0 Å². The van der Waals surface area contributed by atoms with Gasteiger partial charge in [0, 0.05) is 59.1 Å². The normalized spacial score (nSPS) is 13.3. The van der Waals surface area contributed by atoms with Gasteiger partial charge in [-0.2, -0.15) is 0 Å². The van der Waals surface area contributed by atoms with Crippen molar-refractivity contribution in [1.29, 1.82) is 0 Å². The van der Waals surface area contributed by atoms with Gasteiger partial charge < -0.3 is 24.6 Å². The molecular weight excluding hydrogens is 498 g/mol. The second-order valence-corrected chi connectivity index (χ2v) is 9.70. The van der Waals surface area contributed by atoms with E-state index in [4.69, 9.17) is 21.1 Å². The lowest BCUT2D eigenvalue weighted by Crippen LogP contribution is -2.48. The summed E-state index contributed by atoms with van der Waals surface area (Å²) >= 11 is 7.36. The zero-order valence-electron chi connectivity index (χ0n) is 20.2. The topological polar surface area (TPSA) is 71.1 Å². The average molecular weight is 526 g/mol. The molecule has 1 saturated heterocycles. The molecule has 2 amide bonds. The van der Waals surface area contributed by atoms with Gasteiger partial charge in [0.2, 0.25) is 5.91 Å². The third-order valence-electron chi connectivity index (χ3n) is 5.87. The first-order valence-electron chi connectivity index (χ1n) is 11.5. The Kier molecular flexibility index (Phi) is 8.61. The second-order valence-electron chi connectivity index (χ2n) is 8.22. The molecule has 1 N–H and O–H groups in total. The van der Waals surface area contributed by atoms with E-state index in [0.29, 0.717) is 40.9 Å². The van der Waals surface area contributed by atoms with Crippen LogP contribution in [0.25, 0.3) is 0 Å². The van der Waals surface area contributed by atoms with Crippen LogP contribution >= 0.6 is 23.4 Å². The quantitative estimate of drug-likeness (QED) is 0.415. The fourth-order valence-electron chi connectivity index (χ4n) is 3.91. The van der Waals surface area contributed by atoms with Gasteiger partial charge in [0.1, 0.15) is 11.5 Å². The van der Waals surface area contributed by atoms with Crippen molar-refractivity contribution in [3.8, 4) is 11.5 Å². The standard InChI is InChI=1S/C27H28ClN3O4S/c1-34-23-15-19(16-24(17-23)35-2)27(33)31-13-11-30(12-14-31)22-7-5-21(6-8-22)29-26(32)18-36-25-9-3-20(28)4-10-25/h3-10,15-17H,11-14,18H2,1-2H3,(H,29,32). The largest absolute Gasteiger partial charge is 0.497 e. The molecule has 7 nitrogen and oxygen atoms in total. The highest BCUT2D eigenvalue weighted by atomic mass is 35.5. The number of hydrogen-bond acceptors (Lipinski definition) is 6. The van der Waals surface area contributed by atoms with Crippen molar-refractivity contribution >= 4 is 46.6 Å². The molecule has 3 aromatic rings. The molecule has 0 aromatic heterocycles. The Bertz CT molecular complexity index is 1170. The van der Waals surface area contributed by atoms with Gasteiger partial charge in [0.05, 0.1) is 20.0 Å². The summed E-state index contributed by atoms with van der Waals surface area (Å²) in [6.45, 7) is 2.66. The summed E-state index contributed by atoms with van der Waals surface area (Å²) < 4.78 is 10.6. The summed E-state index contributed by atoms with van der Waals surface area (Å²) in [6, 6.07) is 20.4. The number of nitrogens with zero attached hydrogens (tertiary/aromatic N) is 2. The van der Waals surface area contributed by atoms with E-state index in [-0.39, 0.29) is 11.8 Å². The van der Waals surface area contributed by atoms with E-state index < -0.39 is 0 Å². The summed E-state index contributed by atoms with van der Waals surface area (Å²) in [5, 5.41) is 3.61. The SMILES string of the molecule is COc1cc(OC)cc(C(=O)N2CCN(c3ccc(NC(=O)CSc4ccc(Cl)cc4)cc3)CC2)c1. The third kappa shape index (κ3) is 6.65. The molecule has 4 rings (SSSR count). The van der Waals surface area contributed by atoms with E-state index in [1.54, 1.807) is 32.4 Å². The molecule has 1 aliphatic rings. The van der Waals surface area contributed by atoms with Crippen LogP contribution in [0.2, 0.25) is 5.02 Å². The van der Waals surface area contributed by atoms with Crippen LogP contribution in [0.1, 0.15) is 10.4 Å². The number of anilines is 2. The highest BCUT2D eigenvalue weighted by molar-refractivity contribution is 8.00. The third-order valence-corrected chi connectivity index (χ3v) is 7.13. The monoisotopic (exact) mass is 525 g/mol. The summed E-state index contributed by atoms with van der Waals surface area (Å²) in [5.41, 5.74) is 2.36. The van der Waals surface area contributed by atoms with E-state index in [0.717, 1.165) is 29.4 Å². The van der Waals surface area contributed by atoms with Crippen LogP contribution in [0, 0.1) is 0 Å². The van der Waals surface area contributed by atoms with Gasteiger partial charge in [-0.1, -0.05) is 11.6 Å². The Balaban J connectivity index is 1.28. The molecule has 9 heteroatoms. The molecule has 188 valence electrons. The number of amides is 2. The predicted molar refractivity (Wildman–Crippen MR) is 145 cm³/mol. The fraction of sp³-hybridized carbons (Fsp3) is 0.259. The molecular formula is C27H28ClN3O4S. The number of methoxy groups -OCH3 is 2. The fourth-order valence-corrected chi connectivity index (χ4v) is 4.74. The number of benzene rings is 3. The zero-order valence-corrected chi connectivity index (χ0v) is 21.8. The van der Waals surface area contributed by atoms with E-state index in [1.807, 2.05) is 53.4 Å². The number of carbonyl (C=O) groups excluding carboxylic acids is 2. The number of thioether (sulfide) groups is 1. The molecule has 1 heterocycles. The minimum atomic E-state index is -0.0657. The van der Waals surface area contributed by atoms with Crippen molar-refractivity contribution in [2.45, 2.75) is 4.90 Å². The first kappa shape index (κ1) is 25.7. The summed E-state index contributed by atoms with van der Waals surface area (Å²) in [5.74, 6) is 1.39. The van der Waals surface area contributed by atoms with Crippen LogP contribution in [0.4, 0.5) is 11.4 Å². The van der Waals surface area contributed by atoms with Crippen molar-refractivity contribution in [1.82, 2.24) is 4.90 Å². The number of carbonyl (C=O) groups is 2. The maximum atomic E-state index is 13.0. The van der Waals surface area contributed by atoms with Gasteiger partial charge in [-0.15, -0.1) is 11.8 Å². The van der Waals surface area contributed by atoms with Crippen molar-refractivity contribution in [3.63, 3.8) is 0 Å². The summed E-state index contributed by atoms with van der Waals surface area (Å²) in [6.07, 6.45) is 0. The van der Waals surface area contributed by atoms with Crippen molar-refractivity contribution in [2.75, 3.05) is 56.4 Å². The van der Waals surface area contributed by atoms with Crippen LogP contribution in [0.3, 0.4) is 0 Å². The zero-order chi connectivity index (χ0) is 25.5. The number of piperazine rings is 1. The summed E-state index contributed by atoms with van der Waals surface area (Å²) in [7, 11) is 3.14. The highest BCUT2D eigenvalue weighted by Gasteiger charge is 2.23. The van der Waals surface area contributed by atoms with Crippen LogP contribution in [0.5, 0.6) is 11.5 Å². The second kappa shape index (κ2) is 12.1. The number of hydrogen-bond donors (Lipinski definition) is 1. The average Bonchev–Trinajstić information content (AvgIpc) is 2.92. The number of nitrogens with one attached hydrogen (secondary N) is 1. The lowest BCUT2D eigenvalue weighted by atomic mass is 10.1. The van der Waals surface area contributed by atoms with Gasteiger partial charge in [0.25, 0.3) is 5.91 Å². The molecule has 0 spiro atoms. The number of rotatable bonds is 8. The lowest BCUT2D eigenvalue weighted by Gasteiger charge is -2.36. The van der Waals surface area contributed by atoms with E-state index in [2.05, 4.69) is 10.2 Å². The molecule has 1 fully saturated rings. The Labute approximate surface area is 220 Å². The first-order valence-corrected chi connectivity index (χ1v) is 12.9. The molecule has 0 aliphatic carbocycles.